The number of fused-ring (bicyclic) bond motifs is 1. The molecule has 158 valence electrons. The summed E-state index contributed by atoms with van der Waals surface area (Å²) in [4.78, 5) is 16.2. The Kier molecular flexibility index (Phi) is 7.66. The van der Waals surface area contributed by atoms with Crippen LogP contribution in [0.25, 0.3) is 11.0 Å². The van der Waals surface area contributed by atoms with Crippen molar-refractivity contribution in [1.29, 1.82) is 0 Å². The molecule has 0 radical (unpaired) electrons. The zero-order valence-corrected chi connectivity index (χ0v) is 17.9. The van der Waals surface area contributed by atoms with Crippen molar-refractivity contribution in [2.75, 3.05) is 13.2 Å². The number of hydrogen-bond donors (Lipinski definition) is 1. The van der Waals surface area contributed by atoms with Gasteiger partial charge >= 0.3 is 0 Å². The highest BCUT2D eigenvalue weighted by atomic mass is 16.5. The molecule has 0 saturated carbocycles. The van der Waals surface area contributed by atoms with E-state index in [4.69, 9.17) is 9.72 Å². The number of benzene rings is 2. The second-order valence-electron chi connectivity index (χ2n) is 7.66. The van der Waals surface area contributed by atoms with Crippen LogP contribution in [0.4, 0.5) is 0 Å². The second kappa shape index (κ2) is 10.6. The van der Waals surface area contributed by atoms with Gasteiger partial charge in [-0.1, -0.05) is 50.8 Å². The molecule has 3 aromatic rings. The number of amides is 1. The van der Waals surface area contributed by atoms with Gasteiger partial charge in [-0.05, 0) is 48.6 Å². The minimum Gasteiger partial charge on any atom is -0.493 e. The zero-order valence-electron chi connectivity index (χ0n) is 17.9. The SMILES string of the molecule is C=CC(=O)NCCc1nc2ccccc2n1CCCCOc1ccccc1C(C)C. The molecule has 0 aliphatic heterocycles. The first-order valence-electron chi connectivity index (χ1n) is 10.7. The fourth-order valence-corrected chi connectivity index (χ4v) is 3.58. The maximum Gasteiger partial charge on any atom is 0.243 e. The van der Waals surface area contributed by atoms with Gasteiger partial charge in [0.05, 0.1) is 17.6 Å². The minimum atomic E-state index is -0.156. The smallest absolute Gasteiger partial charge is 0.243 e. The molecule has 0 spiro atoms. The molecule has 0 fully saturated rings. The fraction of sp³-hybridized carbons (Fsp3) is 0.360. The number of unbranched alkanes of at least 4 members (excludes halogenated alkanes) is 1. The lowest BCUT2D eigenvalue weighted by Gasteiger charge is -2.14. The molecule has 0 bridgehead atoms. The van der Waals surface area contributed by atoms with Crippen molar-refractivity contribution < 1.29 is 9.53 Å². The van der Waals surface area contributed by atoms with Gasteiger partial charge in [-0.15, -0.1) is 0 Å². The van der Waals surface area contributed by atoms with Crippen LogP contribution in [0.2, 0.25) is 0 Å². The van der Waals surface area contributed by atoms with Crippen LogP contribution < -0.4 is 10.1 Å². The summed E-state index contributed by atoms with van der Waals surface area (Å²) in [5.41, 5.74) is 3.38. The van der Waals surface area contributed by atoms with Crippen LogP contribution in [0.1, 0.15) is 44.0 Å². The average molecular weight is 406 g/mol. The lowest BCUT2D eigenvalue weighted by Crippen LogP contribution is -2.24. The van der Waals surface area contributed by atoms with Crippen molar-refractivity contribution in [3.8, 4) is 5.75 Å². The number of carbonyl (C=O) groups is 1. The largest absolute Gasteiger partial charge is 0.493 e. The van der Waals surface area contributed by atoms with Gasteiger partial charge in [0.1, 0.15) is 11.6 Å². The summed E-state index contributed by atoms with van der Waals surface area (Å²) in [6.45, 7) is 9.98. The van der Waals surface area contributed by atoms with Gasteiger partial charge < -0.3 is 14.6 Å². The van der Waals surface area contributed by atoms with Gasteiger partial charge in [-0.25, -0.2) is 4.98 Å². The molecule has 1 heterocycles. The highest BCUT2D eigenvalue weighted by molar-refractivity contribution is 5.86. The molecule has 0 atom stereocenters. The van der Waals surface area contributed by atoms with E-state index < -0.39 is 0 Å². The molecular formula is C25H31N3O2. The Labute approximate surface area is 178 Å². The Morgan fingerprint density at radius 1 is 1.17 bits per heavy atom. The lowest BCUT2D eigenvalue weighted by molar-refractivity contribution is -0.116. The summed E-state index contributed by atoms with van der Waals surface area (Å²) < 4.78 is 8.32. The van der Waals surface area contributed by atoms with Crippen molar-refractivity contribution in [1.82, 2.24) is 14.9 Å². The summed E-state index contributed by atoms with van der Waals surface area (Å²) in [6.07, 6.45) is 3.94. The van der Waals surface area contributed by atoms with Crippen molar-refractivity contribution in [3.63, 3.8) is 0 Å². The molecule has 1 N–H and O–H groups in total. The van der Waals surface area contributed by atoms with Crippen molar-refractivity contribution in [2.24, 2.45) is 0 Å². The first-order chi connectivity index (χ1) is 14.6. The van der Waals surface area contributed by atoms with E-state index in [2.05, 4.69) is 48.5 Å². The van der Waals surface area contributed by atoms with Crippen LogP contribution in [0.5, 0.6) is 5.75 Å². The Bertz CT molecular complexity index is 991. The molecule has 0 saturated heterocycles. The van der Waals surface area contributed by atoms with Crippen LogP contribution in [0.3, 0.4) is 0 Å². The van der Waals surface area contributed by atoms with E-state index in [0.29, 0.717) is 25.5 Å². The average Bonchev–Trinajstić information content (AvgIpc) is 3.11. The third-order valence-corrected chi connectivity index (χ3v) is 5.14. The van der Waals surface area contributed by atoms with Crippen molar-refractivity contribution in [3.05, 3.63) is 72.6 Å². The van der Waals surface area contributed by atoms with E-state index in [1.165, 1.54) is 11.6 Å². The summed E-state index contributed by atoms with van der Waals surface area (Å²) in [5, 5.41) is 2.83. The molecule has 0 unspecified atom stereocenters. The van der Waals surface area contributed by atoms with Crippen LogP contribution in [0, 0.1) is 0 Å². The predicted octanol–water partition coefficient (Wildman–Crippen LogP) is 4.86. The molecule has 5 heteroatoms. The molecular weight excluding hydrogens is 374 g/mol. The van der Waals surface area contributed by atoms with Crippen molar-refractivity contribution in [2.45, 2.75) is 45.6 Å². The number of imidazole rings is 1. The van der Waals surface area contributed by atoms with E-state index in [1.807, 2.05) is 30.3 Å². The minimum absolute atomic E-state index is 0.156. The van der Waals surface area contributed by atoms with Gasteiger partial charge in [0.2, 0.25) is 5.91 Å². The first kappa shape index (κ1) is 21.6. The predicted molar refractivity (Wildman–Crippen MR) is 122 cm³/mol. The van der Waals surface area contributed by atoms with E-state index in [9.17, 15) is 4.79 Å². The van der Waals surface area contributed by atoms with Gasteiger partial charge in [0, 0.05) is 19.5 Å². The number of nitrogens with zero attached hydrogens (tertiary/aromatic N) is 2. The van der Waals surface area contributed by atoms with Gasteiger partial charge in [0.15, 0.2) is 0 Å². The summed E-state index contributed by atoms with van der Waals surface area (Å²) in [5.74, 6) is 2.27. The van der Waals surface area contributed by atoms with Gasteiger partial charge in [0.25, 0.3) is 0 Å². The topological polar surface area (TPSA) is 56.2 Å². The number of aryl methyl sites for hydroxylation is 1. The van der Waals surface area contributed by atoms with Crippen LogP contribution >= 0.6 is 0 Å². The standard InChI is InChI=1S/C25H31N3O2/c1-4-25(29)26-16-15-24-27-21-12-6-7-13-22(21)28(24)17-9-10-18-30-23-14-8-5-11-20(23)19(2)3/h4-8,11-14,19H,1,9-10,15-18H2,2-3H3,(H,26,29). The van der Waals surface area contributed by atoms with Gasteiger partial charge in [-0.2, -0.15) is 0 Å². The van der Waals surface area contributed by atoms with Crippen molar-refractivity contribution >= 4 is 16.9 Å². The molecule has 0 aliphatic carbocycles. The van der Waals surface area contributed by atoms with E-state index in [-0.39, 0.29) is 5.91 Å². The Morgan fingerprint density at radius 2 is 1.93 bits per heavy atom. The number of nitrogens with one attached hydrogen (secondary N) is 1. The number of para-hydroxylation sites is 3. The summed E-state index contributed by atoms with van der Waals surface area (Å²) in [6, 6.07) is 16.4. The Hall–Kier alpha value is -3.08. The maximum atomic E-state index is 11.4. The molecule has 2 aromatic carbocycles. The van der Waals surface area contributed by atoms with Gasteiger partial charge in [-0.3, -0.25) is 4.79 Å². The lowest BCUT2D eigenvalue weighted by atomic mass is 10.0. The maximum absolute atomic E-state index is 11.4. The molecule has 30 heavy (non-hydrogen) atoms. The van der Waals surface area contributed by atoms with Crippen LogP contribution in [0.15, 0.2) is 61.2 Å². The first-order valence-corrected chi connectivity index (χ1v) is 10.7. The van der Waals surface area contributed by atoms with Crippen LogP contribution in [-0.2, 0) is 17.8 Å². The highest BCUT2D eigenvalue weighted by Crippen LogP contribution is 2.26. The number of aromatic nitrogens is 2. The number of carbonyl (C=O) groups excluding carboxylic acids is 1. The Morgan fingerprint density at radius 3 is 2.73 bits per heavy atom. The molecule has 3 rings (SSSR count). The normalized spacial score (nSPS) is 11.0. The van der Waals surface area contributed by atoms with E-state index >= 15 is 0 Å². The molecule has 1 aromatic heterocycles. The summed E-state index contributed by atoms with van der Waals surface area (Å²) >= 11 is 0. The fourth-order valence-electron chi connectivity index (χ4n) is 3.58. The molecule has 5 nitrogen and oxygen atoms in total. The summed E-state index contributed by atoms with van der Waals surface area (Å²) in [7, 11) is 0. The third kappa shape index (κ3) is 5.50. The van der Waals surface area contributed by atoms with Crippen LogP contribution in [-0.4, -0.2) is 28.6 Å². The second-order valence-corrected chi connectivity index (χ2v) is 7.66. The third-order valence-electron chi connectivity index (χ3n) is 5.14. The highest BCUT2D eigenvalue weighted by Gasteiger charge is 2.11. The van der Waals surface area contributed by atoms with E-state index in [1.54, 1.807) is 0 Å². The molecule has 1 amide bonds. The number of hydrogen-bond acceptors (Lipinski definition) is 3. The number of ether oxygens (including phenoxy) is 1. The zero-order chi connectivity index (χ0) is 21.3. The van der Waals surface area contributed by atoms with E-state index in [0.717, 1.165) is 42.0 Å². The quantitative estimate of drug-likeness (QED) is 0.366. The Balaban J connectivity index is 1.58. The monoisotopic (exact) mass is 405 g/mol. The molecule has 0 aliphatic rings. The number of rotatable bonds is 11.